The summed E-state index contributed by atoms with van der Waals surface area (Å²) in [6.45, 7) is 3.59. The molecule has 4 nitrogen and oxygen atoms in total. The Hall–Kier alpha value is -1.32. The molecule has 1 amide bonds. The molecule has 1 heterocycles. The van der Waals surface area contributed by atoms with E-state index in [1.807, 2.05) is 6.92 Å². The van der Waals surface area contributed by atoms with E-state index in [2.05, 4.69) is 5.32 Å². The van der Waals surface area contributed by atoms with Crippen LogP contribution in [0.2, 0.25) is 0 Å². The number of hydrogen-bond donors (Lipinski definition) is 2. The van der Waals surface area contributed by atoms with Crippen molar-refractivity contribution in [1.82, 2.24) is 5.32 Å². The van der Waals surface area contributed by atoms with Crippen molar-refractivity contribution in [2.24, 2.45) is 5.92 Å². The van der Waals surface area contributed by atoms with Crippen molar-refractivity contribution >= 4 is 11.7 Å². The van der Waals surface area contributed by atoms with Crippen molar-refractivity contribution in [3.63, 3.8) is 0 Å². The maximum Gasteiger partial charge on any atom is 0.258 e. The van der Waals surface area contributed by atoms with Crippen LogP contribution in [0.1, 0.15) is 20.3 Å². The Labute approximate surface area is 76.6 Å². The van der Waals surface area contributed by atoms with E-state index in [0.717, 1.165) is 0 Å². The fraction of sp³-hybridized carbons (Fsp3) is 0.556. The van der Waals surface area contributed by atoms with E-state index in [0.29, 0.717) is 13.0 Å². The second-order valence-corrected chi connectivity index (χ2v) is 3.13. The lowest BCUT2D eigenvalue weighted by atomic mass is 9.94. The van der Waals surface area contributed by atoms with E-state index in [9.17, 15) is 14.7 Å². The molecule has 0 bridgehead atoms. The van der Waals surface area contributed by atoms with Crippen molar-refractivity contribution in [1.29, 1.82) is 0 Å². The number of nitrogens with one attached hydrogen (secondary N) is 1. The number of carbonyl (C=O) groups is 2. The van der Waals surface area contributed by atoms with Gasteiger partial charge in [0.05, 0.1) is 0 Å². The van der Waals surface area contributed by atoms with Crippen molar-refractivity contribution in [3.8, 4) is 0 Å². The molecule has 0 fully saturated rings. The van der Waals surface area contributed by atoms with Crippen LogP contribution >= 0.6 is 0 Å². The zero-order chi connectivity index (χ0) is 10.0. The number of carbonyl (C=O) groups excluding carboxylic acids is 2. The Bertz CT molecular complexity index is 281. The van der Waals surface area contributed by atoms with Gasteiger partial charge in [0.2, 0.25) is 0 Å². The van der Waals surface area contributed by atoms with Crippen molar-refractivity contribution in [2.45, 2.75) is 20.3 Å². The summed E-state index contributed by atoms with van der Waals surface area (Å²) in [6.07, 6.45) is 0.711. The first-order chi connectivity index (χ1) is 6.07. The Morgan fingerprint density at radius 1 is 1.69 bits per heavy atom. The molecule has 1 aliphatic heterocycles. The molecule has 2 N–H and O–H groups in total. The van der Waals surface area contributed by atoms with Crippen LogP contribution in [0, 0.1) is 5.92 Å². The van der Waals surface area contributed by atoms with Gasteiger partial charge in [0, 0.05) is 12.5 Å². The molecule has 72 valence electrons. The normalized spacial score (nSPS) is 22.9. The summed E-state index contributed by atoms with van der Waals surface area (Å²) in [4.78, 5) is 22.2. The highest BCUT2D eigenvalue weighted by Gasteiger charge is 2.29. The van der Waals surface area contributed by atoms with Crippen LogP contribution in [0.3, 0.4) is 0 Å². The molecule has 0 saturated carbocycles. The lowest BCUT2D eigenvalue weighted by Crippen LogP contribution is -2.39. The van der Waals surface area contributed by atoms with Gasteiger partial charge in [-0.2, -0.15) is 0 Å². The standard InChI is InChI=1S/C9H13NO3/c1-3-6-4-10-9(13)7(5(2)11)8(6)12/h6,12H,3-4H2,1-2H3,(H,10,13)/t6-/m1/s1. The highest BCUT2D eigenvalue weighted by Crippen LogP contribution is 2.20. The average Bonchev–Trinajstić information content (AvgIpc) is 2.04. The first-order valence-electron chi connectivity index (χ1n) is 4.30. The Kier molecular flexibility index (Phi) is 2.70. The van der Waals surface area contributed by atoms with E-state index in [1.165, 1.54) is 6.92 Å². The van der Waals surface area contributed by atoms with Gasteiger partial charge in [0.25, 0.3) is 5.91 Å². The summed E-state index contributed by atoms with van der Waals surface area (Å²) in [5.41, 5.74) is -0.0851. The van der Waals surface area contributed by atoms with Crippen LogP contribution in [-0.4, -0.2) is 23.3 Å². The third-order valence-corrected chi connectivity index (χ3v) is 2.22. The highest BCUT2D eigenvalue weighted by atomic mass is 16.3. The van der Waals surface area contributed by atoms with Gasteiger partial charge >= 0.3 is 0 Å². The molecular formula is C9H13NO3. The number of amides is 1. The summed E-state index contributed by atoms with van der Waals surface area (Å²) in [6, 6.07) is 0. The summed E-state index contributed by atoms with van der Waals surface area (Å²) in [5.74, 6) is -1.02. The lowest BCUT2D eigenvalue weighted by molar-refractivity contribution is -0.122. The molecule has 0 spiro atoms. The molecule has 0 saturated heterocycles. The van der Waals surface area contributed by atoms with E-state index in [-0.39, 0.29) is 23.0 Å². The van der Waals surface area contributed by atoms with Crippen LogP contribution < -0.4 is 5.32 Å². The molecule has 0 radical (unpaired) electrons. The van der Waals surface area contributed by atoms with Crippen molar-refractivity contribution in [3.05, 3.63) is 11.3 Å². The molecule has 0 aliphatic carbocycles. The first-order valence-corrected chi connectivity index (χ1v) is 4.30. The minimum absolute atomic E-state index is 0.0567. The third kappa shape index (κ3) is 1.71. The topological polar surface area (TPSA) is 66.4 Å². The van der Waals surface area contributed by atoms with Crippen LogP contribution in [0.5, 0.6) is 0 Å². The maximum atomic E-state index is 11.2. The molecule has 1 aliphatic rings. The van der Waals surface area contributed by atoms with E-state index in [1.54, 1.807) is 0 Å². The number of rotatable bonds is 2. The van der Waals surface area contributed by atoms with Gasteiger partial charge in [-0.1, -0.05) is 6.92 Å². The van der Waals surface area contributed by atoms with Crippen LogP contribution in [0.4, 0.5) is 0 Å². The van der Waals surface area contributed by atoms with Crippen molar-refractivity contribution < 1.29 is 14.7 Å². The van der Waals surface area contributed by atoms with Crippen molar-refractivity contribution in [2.75, 3.05) is 6.54 Å². The quantitative estimate of drug-likeness (QED) is 0.614. The SMILES string of the molecule is CC[C@@H]1CNC(=O)C(C(C)=O)=C1O. The largest absolute Gasteiger partial charge is 0.511 e. The Morgan fingerprint density at radius 3 is 2.77 bits per heavy atom. The van der Waals surface area contributed by atoms with Crippen LogP contribution in [-0.2, 0) is 9.59 Å². The second-order valence-electron chi connectivity index (χ2n) is 3.13. The minimum Gasteiger partial charge on any atom is -0.511 e. The monoisotopic (exact) mass is 183 g/mol. The smallest absolute Gasteiger partial charge is 0.258 e. The fourth-order valence-corrected chi connectivity index (χ4v) is 1.40. The van der Waals surface area contributed by atoms with Gasteiger partial charge in [-0.15, -0.1) is 0 Å². The number of ketones is 1. The summed E-state index contributed by atoms with van der Waals surface area (Å²) in [5, 5.41) is 12.1. The molecule has 13 heavy (non-hydrogen) atoms. The summed E-state index contributed by atoms with van der Waals surface area (Å²) < 4.78 is 0. The number of hydrogen-bond acceptors (Lipinski definition) is 3. The summed E-state index contributed by atoms with van der Waals surface area (Å²) >= 11 is 0. The van der Waals surface area contributed by atoms with E-state index >= 15 is 0 Å². The number of aliphatic hydroxyl groups is 1. The average molecular weight is 183 g/mol. The van der Waals surface area contributed by atoms with Crippen LogP contribution in [0.25, 0.3) is 0 Å². The molecular weight excluding hydrogens is 170 g/mol. The molecule has 1 rings (SSSR count). The highest BCUT2D eigenvalue weighted by molar-refractivity contribution is 6.19. The van der Waals surface area contributed by atoms with Gasteiger partial charge < -0.3 is 10.4 Å². The summed E-state index contributed by atoms with van der Waals surface area (Å²) in [7, 11) is 0. The minimum atomic E-state index is -0.463. The zero-order valence-corrected chi connectivity index (χ0v) is 7.76. The zero-order valence-electron chi connectivity index (χ0n) is 7.76. The molecule has 0 unspecified atom stereocenters. The van der Waals surface area contributed by atoms with E-state index < -0.39 is 5.91 Å². The second kappa shape index (κ2) is 3.60. The van der Waals surface area contributed by atoms with Crippen LogP contribution in [0.15, 0.2) is 11.3 Å². The maximum absolute atomic E-state index is 11.2. The van der Waals surface area contributed by atoms with Gasteiger partial charge in [0.1, 0.15) is 11.3 Å². The number of aliphatic hydroxyl groups excluding tert-OH is 1. The van der Waals surface area contributed by atoms with Gasteiger partial charge in [-0.3, -0.25) is 9.59 Å². The van der Waals surface area contributed by atoms with Gasteiger partial charge in [0.15, 0.2) is 5.78 Å². The first kappa shape index (κ1) is 9.77. The molecule has 0 aromatic carbocycles. The Balaban J connectivity index is 3.07. The molecule has 0 aromatic rings. The molecule has 0 aromatic heterocycles. The predicted octanol–water partition coefficient (Wildman–Crippen LogP) is 0.544. The van der Waals surface area contributed by atoms with Gasteiger partial charge in [-0.25, -0.2) is 0 Å². The molecule has 4 heteroatoms. The van der Waals surface area contributed by atoms with E-state index in [4.69, 9.17) is 0 Å². The lowest BCUT2D eigenvalue weighted by Gasteiger charge is -2.22. The molecule has 1 atom stereocenters. The Morgan fingerprint density at radius 2 is 2.31 bits per heavy atom. The third-order valence-electron chi connectivity index (χ3n) is 2.22. The number of Topliss-reactive ketones (excluding diaryl/α,β-unsaturated/α-hetero) is 1. The fourth-order valence-electron chi connectivity index (χ4n) is 1.40. The predicted molar refractivity (Wildman–Crippen MR) is 47.1 cm³/mol. The van der Waals surface area contributed by atoms with Gasteiger partial charge in [-0.05, 0) is 13.3 Å².